The summed E-state index contributed by atoms with van der Waals surface area (Å²) in [4.78, 5) is 21.4. The normalized spacial score (nSPS) is 14.7. The lowest BCUT2D eigenvalue weighted by Gasteiger charge is -2.17. The van der Waals surface area contributed by atoms with Crippen LogP contribution in [0.25, 0.3) is 11.1 Å². The van der Waals surface area contributed by atoms with Gasteiger partial charge in [0.25, 0.3) is 0 Å². The van der Waals surface area contributed by atoms with Crippen LogP contribution in [0.2, 0.25) is 0 Å². The van der Waals surface area contributed by atoms with Gasteiger partial charge < -0.3 is 4.74 Å². The van der Waals surface area contributed by atoms with Gasteiger partial charge in [0.1, 0.15) is 5.76 Å². The third kappa shape index (κ3) is 3.24. The number of ether oxygens (including phenoxy) is 1. The first-order chi connectivity index (χ1) is 11.1. The number of aromatic nitrogens is 1. The van der Waals surface area contributed by atoms with Crippen LogP contribution in [-0.4, -0.2) is 16.7 Å². The fourth-order valence-electron chi connectivity index (χ4n) is 2.65. The summed E-state index contributed by atoms with van der Waals surface area (Å²) >= 11 is 1.60. The number of carbonyl (C=O) groups excluding carboxylic acids is 1. The molecule has 0 aromatic carbocycles. The largest absolute Gasteiger partial charge is 0.425 e. The molecular formula is C18H18N2O2S. The minimum atomic E-state index is -0.360. The van der Waals surface area contributed by atoms with Crippen molar-refractivity contribution in [1.29, 1.82) is 0 Å². The van der Waals surface area contributed by atoms with Crippen LogP contribution in [0.3, 0.4) is 0 Å². The second-order valence-electron chi connectivity index (χ2n) is 5.58. The standard InChI is InChI=1S/C18H18N2O2S/c1-11-4-5-16(12(2)20-11)22-18(21)17-13(3)19-8-6-15(17)14-7-9-23-10-14/h6-10H,4-5H2,1-3H3. The van der Waals surface area contributed by atoms with Crippen molar-refractivity contribution in [2.45, 2.75) is 33.6 Å². The van der Waals surface area contributed by atoms with Crippen LogP contribution in [-0.2, 0) is 4.74 Å². The zero-order chi connectivity index (χ0) is 16.4. The zero-order valence-electron chi connectivity index (χ0n) is 13.4. The molecule has 5 heteroatoms. The van der Waals surface area contributed by atoms with Crippen molar-refractivity contribution in [2.75, 3.05) is 0 Å². The quantitative estimate of drug-likeness (QED) is 0.764. The molecule has 0 unspecified atom stereocenters. The Morgan fingerprint density at radius 1 is 1.22 bits per heavy atom. The first-order valence-corrected chi connectivity index (χ1v) is 8.45. The molecule has 3 heterocycles. The summed E-state index contributed by atoms with van der Waals surface area (Å²) in [6, 6.07) is 3.85. The number of aliphatic imine (C=N–C) groups is 1. The maximum atomic E-state index is 12.7. The topological polar surface area (TPSA) is 51.5 Å². The molecule has 1 aliphatic rings. The van der Waals surface area contributed by atoms with E-state index in [0.29, 0.717) is 23.4 Å². The molecule has 0 spiro atoms. The third-order valence-electron chi connectivity index (χ3n) is 3.87. The Balaban J connectivity index is 1.96. The van der Waals surface area contributed by atoms with Crippen molar-refractivity contribution in [3.05, 3.63) is 51.8 Å². The fourth-order valence-corrected chi connectivity index (χ4v) is 3.31. The van der Waals surface area contributed by atoms with Gasteiger partial charge in [-0.15, -0.1) is 0 Å². The number of rotatable bonds is 3. The average Bonchev–Trinajstić information content (AvgIpc) is 3.04. The number of hydrogen-bond acceptors (Lipinski definition) is 5. The van der Waals surface area contributed by atoms with Gasteiger partial charge in [0.05, 0.1) is 17.0 Å². The molecule has 118 valence electrons. The molecular weight excluding hydrogens is 308 g/mol. The third-order valence-corrected chi connectivity index (χ3v) is 4.55. The number of esters is 1. The first kappa shape index (κ1) is 15.6. The molecule has 4 nitrogen and oxygen atoms in total. The lowest BCUT2D eigenvalue weighted by Crippen LogP contribution is -2.13. The molecule has 0 atom stereocenters. The Kier molecular flexibility index (Phi) is 4.39. The highest BCUT2D eigenvalue weighted by molar-refractivity contribution is 7.08. The highest BCUT2D eigenvalue weighted by Crippen LogP contribution is 2.29. The van der Waals surface area contributed by atoms with E-state index in [1.807, 2.05) is 43.7 Å². The number of hydrogen-bond donors (Lipinski definition) is 0. The van der Waals surface area contributed by atoms with E-state index in [-0.39, 0.29) is 5.97 Å². The molecule has 0 amide bonds. The molecule has 0 saturated heterocycles. The molecule has 0 bridgehead atoms. The van der Waals surface area contributed by atoms with Crippen molar-refractivity contribution in [2.24, 2.45) is 4.99 Å². The number of aryl methyl sites for hydroxylation is 1. The van der Waals surface area contributed by atoms with Crippen LogP contribution in [0.15, 0.2) is 45.5 Å². The van der Waals surface area contributed by atoms with Crippen molar-refractivity contribution in [3.8, 4) is 11.1 Å². The van der Waals surface area contributed by atoms with E-state index < -0.39 is 0 Å². The van der Waals surface area contributed by atoms with Gasteiger partial charge in [-0.1, -0.05) is 0 Å². The average molecular weight is 326 g/mol. The highest BCUT2D eigenvalue weighted by atomic mass is 32.1. The SMILES string of the molecule is CC1=NC(C)=C(OC(=O)c2c(-c3ccsc3)ccnc2C)CC1. The van der Waals surface area contributed by atoms with E-state index in [0.717, 1.165) is 29.0 Å². The summed E-state index contributed by atoms with van der Waals surface area (Å²) in [5.41, 5.74) is 4.91. The lowest BCUT2D eigenvalue weighted by atomic mass is 10.0. The molecule has 0 radical (unpaired) electrons. The van der Waals surface area contributed by atoms with Gasteiger partial charge in [-0.25, -0.2) is 4.79 Å². The maximum Gasteiger partial charge on any atom is 0.345 e. The first-order valence-electron chi connectivity index (χ1n) is 7.50. The van der Waals surface area contributed by atoms with Crippen LogP contribution in [0.4, 0.5) is 0 Å². The molecule has 0 N–H and O–H groups in total. The van der Waals surface area contributed by atoms with Crippen molar-refractivity contribution >= 4 is 23.0 Å². The van der Waals surface area contributed by atoms with Crippen LogP contribution >= 0.6 is 11.3 Å². The Labute approximate surface area is 139 Å². The van der Waals surface area contributed by atoms with E-state index >= 15 is 0 Å². The van der Waals surface area contributed by atoms with E-state index in [1.54, 1.807) is 17.5 Å². The van der Waals surface area contributed by atoms with E-state index in [9.17, 15) is 4.79 Å². The Morgan fingerprint density at radius 3 is 2.74 bits per heavy atom. The van der Waals surface area contributed by atoms with Gasteiger partial charge in [-0.2, -0.15) is 11.3 Å². The van der Waals surface area contributed by atoms with E-state index in [1.165, 1.54) is 0 Å². The Bertz CT molecular complexity index is 804. The van der Waals surface area contributed by atoms with Crippen LogP contribution in [0.5, 0.6) is 0 Å². The number of thiophene rings is 1. The number of nitrogens with zero attached hydrogens (tertiary/aromatic N) is 2. The molecule has 0 saturated carbocycles. The van der Waals surface area contributed by atoms with Gasteiger partial charge in [-0.3, -0.25) is 9.98 Å². The highest BCUT2D eigenvalue weighted by Gasteiger charge is 2.21. The predicted molar refractivity (Wildman–Crippen MR) is 92.7 cm³/mol. The van der Waals surface area contributed by atoms with Gasteiger partial charge in [0.2, 0.25) is 0 Å². The van der Waals surface area contributed by atoms with E-state index in [2.05, 4.69) is 9.98 Å². The van der Waals surface area contributed by atoms with Crippen molar-refractivity contribution in [1.82, 2.24) is 4.98 Å². The molecule has 0 fully saturated rings. The zero-order valence-corrected chi connectivity index (χ0v) is 14.2. The molecule has 23 heavy (non-hydrogen) atoms. The predicted octanol–water partition coefficient (Wildman–Crippen LogP) is 4.76. The lowest BCUT2D eigenvalue weighted by molar-refractivity contribution is 0.0609. The molecule has 2 aromatic heterocycles. The summed E-state index contributed by atoms with van der Waals surface area (Å²) in [7, 11) is 0. The number of carbonyl (C=O) groups is 1. The Morgan fingerprint density at radius 2 is 2.04 bits per heavy atom. The monoisotopic (exact) mass is 326 g/mol. The van der Waals surface area contributed by atoms with Gasteiger partial charge in [0, 0.05) is 23.9 Å². The van der Waals surface area contributed by atoms with Crippen molar-refractivity contribution in [3.63, 3.8) is 0 Å². The van der Waals surface area contributed by atoms with Gasteiger partial charge >= 0.3 is 5.97 Å². The van der Waals surface area contributed by atoms with Gasteiger partial charge in [-0.05, 0) is 55.6 Å². The van der Waals surface area contributed by atoms with Crippen LogP contribution < -0.4 is 0 Å². The van der Waals surface area contributed by atoms with Gasteiger partial charge in [0.15, 0.2) is 0 Å². The summed E-state index contributed by atoms with van der Waals surface area (Å²) in [6.45, 7) is 5.69. The van der Waals surface area contributed by atoms with Crippen LogP contribution in [0.1, 0.15) is 42.7 Å². The maximum absolute atomic E-state index is 12.7. The summed E-state index contributed by atoms with van der Waals surface area (Å²) in [5.74, 6) is 0.293. The Hall–Kier alpha value is -2.27. The fraction of sp³-hybridized carbons (Fsp3) is 0.278. The summed E-state index contributed by atoms with van der Waals surface area (Å²) in [6.07, 6.45) is 3.25. The molecule has 2 aromatic rings. The van der Waals surface area contributed by atoms with Crippen LogP contribution in [0, 0.1) is 6.92 Å². The van der Waals surface area contributed by atoms with E-state index in [4.69, 9.17) is 4.74 Å². The molecule has 3 rings (SSSR count). The minimum absolute atomic E-state index is 0.360. The molecule has 1 aliphatic heterocycles. The number of pyridine rings is 1. The minimum Gasteiger partial charge on any atom is -0.425 e. The smallest absolute Gasteiger partial charge is 0.345 e. The molecule has 0 aliphatic carbocycles. The second-order valence-corrected chi connectivity index (χ2v) is 6.36. The second kappa shape index (κ2) is 6.46. The number of allylic oxidation sites excluding steroid dienone is 2. The van der Waals surface area contributed by atoms with Crippen molar-refractivity contribution < 1.29 is 9.53 Å². The summed E-state index contributed by atoms with van der Waals surface area (Å²) < 4.78 is 5.65. The summed E-state index contributed by atoms with van der Waals surface area (Å²) in [5, 5.41) is 4.01.